The maximum atomic E-state index is 13.0. The van der Waals surface area contributed by atoms with Crippen LogP contribution >= 0.6 is 0 Å². The van der Waals surface area contributed by atoms with Gasteiger partial charge in [-0.2, -0.15) is 0 Å². The zero-order valence-corrected chi connectivity index (χ0v) is 17.0. The molecule has 0 aliphatic carbocycles. The van der Waals surface area contributed by atoms with Crippen molar-refractivity contribution in [3.05, 3.63) is 76.0 Å². The van der Waals surface area contributed by atoms with Gasteiger partial charge in [0.25, 0.3) is 5.56 Å². The molecular weight excluding hydrogens is 366 g/mol. The monoisotopic (exact) mass is 391 g/mol. The molecule has 7 nitrogen and oxygen atoms in total. The Morgan fingerprint density at radius 3 is 2.55 bits per heavy atom. The summed E-state index contributed by atoms with van der Waals surface area (Å²) in [5.41, 5.74) is 3.36. The van der Waals surface area contributed by atoms with Crippen LogP contribution in [-0.4, -0.2) is 32.7 Å². The summed E-state index contributed by atoms with van der Waals surface area (Å²) in [4.78, 5) is 26.4. The normalized spacial score (nSPS) is 14.0. The first-order valence-electron chi connectivity index (χ1n) is 9.77. The molecule has 0 atom stereocenters. The van der Waals surface area contributed by atoms with Crippen LogP contribution in [0, 0.1) is 13.8 Å². The molecule has 2 aromatic heterocycles. The maximum absolute atomic E-state index is 13.0. The van der Waals surface area contributed by atoms with Crippen molar-refractivity contribution in [3.63, 3.8) is 0 Å². The fourth-order valence-corrected chi connectivity index (χ4v) is 3.49. The Bertz CT molecular complexity index is 1050. The number of benzene rings is 1. The highest BCUT2D eigenvalue weighted by Crippen LogP contribution is 2.29. The lowest BCUT2D eigenvalue weighted by Gasteiger charge is -2.38. The van der Waals surface area contributed by atoms with E-state index in [-0.39, 0.29) is 5.56 Å². The summed E-state index contributed by atoms with van der Waals surface area (Å²) in [6, 6.07) is 13.8. The number of aromatic nitrogens is 3. The molecule has 0 N–H and O–H groups in total. The highest BCUT2D eigenvalue weighted by atomic mass is 16.5. The van der Waals surface area contributed by atoms with Gasteiger partial charge in [0.15, 0.2) is 0 Å². The summed E-state index contributed by atoms with van der Waals surface area (Å²) in [5, 5.41) is 0. The number of hydrogen-bond donors (Lipinski definition) is 0. The fourth-order valence-electron chi connectivity index (χ4n) is 3.49. The second kappa shape index (κ2) is 8.05. The molecule has 0 spiro atoms. The van der Waals surface area contributed by atoms with Crippen LogP contribution in [-0.2, 0) is 13.2 Å². The standard InChI is InChI=1S/C22H25N5O2/c1-4-29-20-10-8-19(9-11-20)26-14-25(13-18-7-5-6-12-23-18)15-27-21(28)16(2)17(3)24-22(26)27/h5-12H,4,13-15H2,1-3H3. The van der Waals surface area contributed by atoms with Crippen molar-refractivity contribution in [3.8, 4) is 5.75 Å². The van der Waals surface area contributed by atoms with E-state index in [9.17, 15) is 4.79 Å². The highest BCUT2D eigenvalue weighted by Gasteiger charge is 2.27. The van der Waals surface area contributed by atoms with Gasteiger partial charge >= 0.3 is 0 Å². The van der Waals surface area contributed by atoms with Gasteiger partial charge in [-0.1, -0.05) is 6.07 Å². The predicted octanol–water partition coefficient (Wildman–Crippen LogP) is 3.22. The number of aryl methyl sites for hydroxylation is 1. The Hall–Kier alpha value is -3.19. The first-order chi connectivity index (χ1) is 14.1. The van der Waals surface area contributed by atoms with E-state index in [1.807, 2.05) is 63.2 Å². The van der Waals surface area contributed by atoms with Gasteiger partial charge in [0.05, 0.1) is 25.6 Å². The number of fused-ring (bicyclic) bond motifs is 1. The summed E-state index contributed by atoms with van der Waals surface area (Å²) in [6.45, 7) is 8.04. The van der Waals surface area contributed by atoms with Crippen molar-refractivity contribution in [2.45, 2.75) is 34.0 Å². The number of anilines is 2. The van der Waals surface area contributed by atoms with E-state index in [0.29, 0.717) is 38.0 Å². The van der Waals surface area contributed by atoms with E-state index in [4.69, 9.17) is 9.72 Å². The molecule has 0 unspecified atom stereocenters. The minimum atomic E-state index is -0.00541. The van der Waals surface area contributed by atoms with Crippen LogP contribution in [0.15, 0.2) is 53.5 Å². The fraction of sp³-hybridized carbons (Fsp3) is 0.318. The molecule has 0 fully saturated rings. The number of hydrogen-bond acceptors (Lipinski definition) is 6. The van der Waals surface area contributed by atoms with Crippen LogP contribution < -0.4 is 15.2 Å². The second-order valence-electron chi connectivity index (χ2n) is 7.14. The van der Waals surface area contributed by atoms with E-state index < -0.39 is 0 Å². The van der Waals surface area contributed by atoms with Crippen LogP contribution in [0.4, 0.5) is 11.6 Å². The Labute approximate surface area is 170 Å². The van der Waals surface area contributed by atoms with Crippen molar-refractivity contribution < 1.29 is 4.74 Å². The third-order valence-corrected chi connectivity index (χ3v) is 5.11. The molecule has 7 heteroatoms. The number of rotatable bonds is 5. The van der Waals surface area contributed by atoms with E-state index in [2.05, 4.69) is 14.8 Å². The Balaban J connectivity index is 1.73. The zero-order valence-electron chi connectivity index (χ0n) is 17.0. The molecule has 0 saturated carbocycles. The van der Waals surface area contributed by atoms with Crippen LogP contribution in [0.2, 0.25) is 0 Å². The summed E-state index contributed by atoms with van der Waals surface area (Å²) in [6.07, 6.45) is 1.79. The van der Waals surface area contributed by atoms with Gasteiger partial charge in [-0.3, -0.25) is 24.1 Å². The summed E-state index contributed by atoms with van der Waals surface area (Å²) >= 11 is 0. The van der Waals surface area contributed by atoms with Gasteiger partial charge in [0.1, 0.15) is 5.75 Å². The van der Waals surface area contributed by atoms with Gasteiger partial charge in [0.2, 0.25) is 5.95 Å². The van der Waals surface area contributed by atoms with Gasteiger partial charge in [-0.25, -0.2) is 4.98 Å². The Morgan fingerprint density at radius 2 is 1.86 bits per heavy atom. The minimum Gasteiger partial charge on any atom is -0.494 e. The quantitative estimate of drug-likeness (QED) is 0.665. The molecule has 1 aromatic carbocycles. The molecule has 1 aliphatic rings. The first-order valence-corrected chi connectivity index (χ1v) is 9.77. The summed E-state index contributed by atoms with van der Waals surface area (Å²) in [5.74, 6) is 1.49. The van der Waals surface area contributed by atoms with Gasteiger partial charge in [-0.15, -0.1) is 0 Å². The largest absolute Gasteiger partial charge is 0.494 e. The Kier molecular flexibility index (Phi) is 5.31. The molecule has 4 rings (SSSR count). The molecule has 0 radical (unpaired) electrons. The lowest BCUT2D eigenvalue weighted by Crippen LogP contribution is -2.47. The molecule has 29 heavy (non-hydrogen) atoms. The van der Waals surface area contributed by atoms with Gasteiger partial charge < -0.3 is 4.74 Å². The lowest BCUT2D eigenvalue weighted by molar-refractivity contribution is 0.187. The highest BCUT2D eigenvalue weighted by molar-refractivity contribution is 5.59. The molecule has 1 aliphatic heterocycles. The second-order valence-corrected chi connectivity index (χ2v) is 7.14. The summed E-state index contributed by atoms with van der Waals surface area (Å²) in [7, 11) is 0. The van der Waals surface area contributed by atoms with E-state index in [1.165, 1.54) is 0 Å². The third-order valence-electron chi connectivity index (χ3n) is 5.11. The average molecular weight is 391 g/mol. The molecule has 0 saturated heterocycles. The van der Waals surface area contributed by atoms with Crippen molar-refractivity contribution in [1.82, 2.24) is 19.4 Å². The molecule has 0 bridgehead atoms. The van der Waals surface area contributed by atoms with Crippen molar-refractivity contribution in [1.29, 1.82) is 0 Å². The first kappa shape index (κ1) is 19.1. The van der Waals surface area contributed by atoms with Crippen molar-refractivity contribution in [2.24, 2.45) is 0 Å². The maximum Gasteiger partial charge on any atom is 0.259 e. The van der Waals surface area contributed by atoms with Crippen LogP contribution in [0.3, 0.4) is 0 Å². The molecule has 0 amide bonds. The topological polar surface area (TPSA) is 63.5 Å². The molecule has 150 valence electrons. The van der Waals surface area contributed by atoms with E-state index in [0.717, 1.165) is 22.8 Å². The van der Waals surface area contributed by atoms with E-state index in [1.54, 1.807) is 10.8 Å². The van der Waals surface area contributed by atoms with Crippen LogP contribution in [0.25, 0.3) is 0 Å². The SMILES string of the molecule is CCOc1ccc(N2CN(Cc3ccccn3)Cn3c2nc(C)c(C)c3=O)cc1. The van der Waals surface area contributed by atoms with Crippen LogP contribution in [0.1, 0.15) is 23.9 Å². The zero-order chi connectivity index (χ0) is 20.4. The lowest BCUT2D eigenvalue weighted by atomic mass is 10.2. The number of ether oxygens (including phenoxy) is 1. The van der Waals surface area contributed by atoms with Gasteiger partial charge in [-0.05, 0) is 57.2 Å². The number of pyridine rings is 1. The number of nitrogens with zero attached hydrogens (tertiary/aromatic N) is 5. The smallest absolute Gasteiger partial charge is 0.259 e. The van der Waals surface area contributed by atoms with E-state index >= 15 is 0 Å². The van der Waals surface area contributed by atoms with Crippen molar-refractivity contribution in [2.75, 3.05) is 18.2 Å². The van der Waals surface area contributed by atoms with Crippen LogP contribution in [0.5, 0.6) is 5.75 Å². The van der Waals surface area contributed by atoms with Gasteiger partial charge in [0, 0.05) is 29.7 Å². The molecule has 3 heterocycles. The Morgan fingerprint density at radius 1 is 1.07 bits per heavy atom. The minimum absolute atomic E-state index is 0.00541. The molecule has 3 aromatic rings. The summed E-state index contributed by atoms with van der Waals surface area (Å²) < 4.78 is 7.31. The molecular formula is C22H25N5O2. The average Bonchev–Trinajstić information content (AvgIpc) is 2.74. The predicted molar refractivity (Wildman–Crippen MR) is 112 cm³/mol. The van der Waals surface area contributed by atoms with Crippen molar-refractivity contribution >= 4 is 11.6 Å². The third kappa shape index (κ3) is 3.86.